The summed E-state index contributed by atoms with van der Waals surface area (Å²) in [5, 5.41) is 3.50. The second-order valence-electron chi connectivity index (χ2n) is 7.07. The second kappa shape index (κ2) is 6.09. The number of carbonyl (C=O) groups is 1. The highest BCUT2D eigenvalue weighted by atomic mass is 79.9. The molecule has 2 aromatic rings. The van der Waals surface area contributed by atoms with Crippen molar-refractivity contribution in [1.82, 2.24) is 10.5 Å². The third-order valence-corrected chi connectivity index (χ3v) is 5.82. The molecular formula is C18H16BrClFN3O2. The molecule has 0 aliphatic heterocycles. The van der Waals surface area contributed by atoms with Crippen LogP contribution in [0.25, 0.3) is 0 Å². The molecule has 0 radical (unpaired) electrons. The lowest BCUT2D eigenvalue weighted by molar-refractivity contribution is -0.125. The summed E-state index contributed by atoms with van der Waals surface area (Å²) in [6.07, 6.45) is 3.98. The summed E-state index contributed by atoms with van der Waals surface area (Å²) in [5.74, 6) is 0.246. The SMILES string of the molecule is CC(=O)NOc1ccc(Cl)c(F)c1C12CC(Nc3cc(Br)ccn3)(C1)C2. The van der Waals surface area contributed by atoms with Gasteiger partial charge in [-0.05, 0) is 43.5 Å². The van der Waals surface area contributed by atoms with Gasteiger partial charge in [-0.2, -0.15) is 5.48 Å². The van der Waals surface area contributed by atoms with Gasteiger partial charge in [0.25, 0.3) is 0 Å². The molecule has 8 heteroatoms. The zero-order valence-corrected chi connectivity index (χ0v) is 16.2. The van der Waals surface area contributed by atoms with E-state index >= 15 is 0 Å². The highest BCUT2D eigenvalue weighted by Crippen LogP contribution is 2.70. The molecule has 1 amide bonds. The summed E-state index contributed by atoms with van der Waals surface area (Å²) >= 11 is 9.42. The Morgan fingerprint density at radius 2 is 2.08 bits per heavy atom. The summed E-state index contributed by atoms with van der Waals surface area (Å²) in [5.41, 5.74) is 2.28. The Hall–Kier alpha value is -1.86. The molecule has 5 nitrogen and oxygen atoms in total. The van der Waals surface area contributed by atoms with E-state index in [-0.39, 0.29) is 21.9 Å². The molecule has 0 spiro atoms. The van der Waals surface area contributed by atoms with Crippen molar-refractivity contribution in [3.8, 4) is 5.75 Å². The Bertz CT molecular complexity index is 888. The van der Waals surface area contributed by atoms with Gasteiger partial charge in [0.2, 0.25) is 5.91 Å². The molecule has 3 fully saturated rings. The molecule has 1 aromatic heterocycles. The summed E-state index contributed by atoms with van der Waals surface area (Å²) in [4.78, 5) is 20.8. The van der Waals surface area contributed by atoms with Crippen molar-refractivity contribution < 1.29 is 14.0 Å². The molecule has 136 valence electrons. The van der Waals surface area contributed by atoms with Crippen LogP contribution in [0.5, 0.6) is 5.75 Å². The summed E-state index contributed by atoms with van der Waals surface area (Å²) in [6, 6.07) is 6.80. The highest BCUT2D eigenvalue weighted by molar-refractivity contribution is 9.10. The third-order valence-electron chi connectivity index (χ3n) is 5.04. The minimum Gasteiger partial charge on any atom is -0.379 e. The number of halogens is 3. The molecule has 5 rings (SSSR count). The molecular weight excluding hydrogens is 425 g/mol. The summed E-state index contributed by atoms with van der Waals surface area (Å²) in [7, 11) is 0. The number of nitrogens with zero attached hydrogens (tertiary/aromatic N) is 1. The number of hydroxylamine groups is 1. The maximum Gasteiger partial charge on any atom is 0.249 e. The van der Waals surface area contributed by atoms with E-state index in [9.17, 15) is 9.18 Å². The van der Waals surface area contributed by atoms with Crippen LogP contribution in [0.2, 0.25) is 5.02 Å². The van der Waals surface area contributed by atoms with Crippen LogP contribution >= 0.6 is 27.5 Å². The Morgan fingerprint density at radius 1 is 1.35 bits per heavy atom. The Kier molecular flexibility index (Phi) is 4.11. The fourth-order valence-electron chi connectivity index (χ4n) is 4.17. The standard InChI is InChI=1S/C18H16BrClFN3O2/c1-10(25)24-26-13-3-2-12(20)16(21)15(13)17-7-18(8-17,9-17)23-14-6-11(19)4-5-22-14/h2-6H,7-9H2,1H3,(H,22,23)(H,24,25). The third kappa shape index (κ3) is 2.83. The van der Waals surface area contributed by atoms with Gasteiger partial charge in [-0.15, -0.1) is 0 Å². The summed E-state index contributed by atoms with van der Waals surface area (Å²) < 4.78 is 15.7. The molecule has 1 heterocycles. The number of amides is 1. The van der Waals surface area contributed by atoms with Crippen LogP contribution in [-0.2, 0) is 10.2 Å². The average Bonchev–Trinajstić information content (AvgIpc) is 2.51. The highest BCUT2D eigenvalue weighted by Gasteiger charge is 2.70. The molecule has 2 bridgehead atoms. The van der Waals surface area contributed by atoms with Gasteiger partial charge in [0.15, 0.2) is 5.75 Å². The molecule has 0 saturated heterocycles. The number of aromatic nitrogens is 1. The van der Waals surface area contributed by atoms with Gasteiger partial charge in [0, 0.05) is 34.1 Å². The van der Waals surface area contributed by atoms with E-state index in [2.05, 4.69) is 31.7 Å². The Balaban J connectivity index is 1.55. The van der Waals surface area contributed by atoms with Crippen molar-refractivity contribution in [2.45, 2.75) is 37.1 Å². The number of hydrogen-bond donors (Lipinski definition) is 2. The fraction of sp³-hybridized carbons (Fsp3) is 0.333. The van der Waals surface area contributed by atoms with E-state index in [4.69, 9.17) is 16.4 Å². The smallest absolute Gasteiger partial charge is 0.249 e. The topological polar surface area (TPSA) is 63.2 Å². The molecule has 1 aromatic carbocycles. The van der Waals surface area contributed by atoms with Crippen LogP contribution in [0.3, 0.4) is 0 Å². The quantitative estimate of drug-likeness (QED) is 0.679. The Labute approximate surface area is 163 Å². The zero-order chi connectivity index (χ0) is 18.5. The molecule has 0 atom stereocenters. The first kappa shape index (κ1) is 17.5. The van der Waals surface area contributed by atoms with Crippen molar-refractivity contribution in [3.63, 3.8) is 0 Å². The molecule has 2 N–H and O–H groups in total. The van der Waals surface area contributed by atoms with Gasteiger partial charge in [-0.1, -0.05) is 27.5 Å². The molecule has 3 saturated carbocycles. The van der Waals surface area contributed by atoms with Crippen LogP contribution < -0.4 is 15.6 Å². The van der Waals surface area contributed by atoms with Gasteiger partial charge in [-0.3, -0.25) is 4.79 Å². The first-order valence-electron chi connectivity index (χ1n) is 8.14. The van der Waals surface area contributed by atoms with Crippen LogP contribution in [0, 0.1) is 5.82 Å². The number of benzene rings is 1. The first-order valence-corrected chi connectivity index (χ1v) is 9.31. The molecule has 0 unspecified atom stereocenters. The van der Waals surface area contributed by atoms with Crippen LogP contribution in [0.15, 0.2) is 34.9 Å². The minimum atomic E-state index is -0.483. The van der Waals surface area contributed by atoms with E-state index < -0.39 is 5.82 Å². The number of nitrogens with one attached hydrogen (secondary N) is 2. The van der Waals surface area contributed by atoms with E-state index in [0.29, 0.717) is 11.3 Å². The molecule has 3 aliphatic rings. The first-order chi connectivity index (χ1) is 12.3. The molecule has 3 aliphatic carbocycles. The normalized spacial score (nSPS) is 25.7. The van der Waals surface area contributed by atoms with Gasteiger partial charge < -0.3 is 10.2 Å². The van der Waals surface area contributed by atoms with Crippen molar-refractivity contribution in [2.24, 2.45) is 0 Å². The lowest BCUT2D eigenvalue weighted by Crippen LogP contribution is -2.73. The molecule has 26 heavy (non-hydrogen) atoms. The Morgan fingerprint density at radius 3 is 2.73 bits per heavy atom. The van der Waals surface area contributed by atoms with E-state index in [1.54, 1.807) is 12.3 Å². The second-order valence-corrected chi connectivity index (χ2v) is 8.39. The van der Waals surface area contributed by atoms with Crippen molar-refractivity contribution in [2.75, 3.05) is 5.32 Å². The van der Waals surface area contributed by atoms with Crippen LogP contribution in [-0.4, -0.2) is 16.4 Å². The number of anilines is 1. The lowest BCUT2D eigenvalue weighted by Gasteiger charge is -2.71. The van der Waals surface area contributed by atoms with Gasteiger partial charge in [0.05, 0.1) is 5.02 Å². The van der Waals surface area contributed by atoms with E-state index in [1.165, 1.54) is 13.0 Å². The number of hydrogen-bond acceptors (Lipinski definition) is 4. The number of rotatable bonds is 5. The fourth-order valence-corrected chi connectivity index (χ4v) is 4.66. The average molecular weight is 441 g/mol. The predicted molar refractivity (Wildman–Crippen MR) is 99.7 cm³/mol. The van der Waals surface area contributed by atoms with Gasteiger partial charge in [-0.25, -0.2) is 9.37 Å². The van der Waals surface area contributed by atoms with Crippen molar-refractivity contribution in [1.29, 1.82) is 0 Å². The monoisotopic (exact) mass is 439 g/mol. The predicted octanol–water partition coefficient (Wildman–Crippen LogP) is 4.35. The lowest BCUT2D eigenvalue weighted by atomic mass is 9.37. The summed E-state index contributed by atoms with van der Waals surface area (Å²) in [6.45, 7) is 1.33. The maximum absolute atomic E-state index is 14.8. The number of carbonyl (C=O) groups excluding carboxylic acids is 1. The van der Waals surface area contributed by atoms with E-state index in [1.807, 2.05) is 12.1 Å². The van der Waals surface area contributed by atoms with E-state index in [0.717, 1.165) is 29.6 Å². The zero-order valence-electron chi connectivity index (χ0n) is 13.9. The minimum absolute atomic E-state index is 0.0514. The van der Waals surface area contributed by atoms with Crippen LogP contribution in [0.1, 0.15) is 31.7 Å². The van der Waals surface area contributed by atoms with Crippen molar-refractivity contribution in [3.05, 3.63) is 51.3 Å². The van der Waals surface area contributed by atoms with Gasteiger partial charge >= 0.3 is 0 Å². The van der Waals surface area contributed by atoms with Crippen molar-refractivity contribution >= 4 is 39.3 Å². The maximum atomic E-state index is 14.8. The van der Waals surface area contributed by atoms with Gasteiger partial charge in [0.1, 0.15) is 11.6 Å². The largest absolute Gasteiger partial charge is 0.379 e. The van der Waals surface area contributed by atoms with Crippen LogP contribution in [0.4, 0.5) is 10.2 Å². The number of pyridine rings is 1.